The van der Waals surface area contributed by atoms with Crippen molar-refractivity contribution < 1.29 is 22.2 Å². The van der Waals surface area contributed by atoms with Crippen molar-refractivity contribution >= 4 is 55.5 Å². The summed E-state index contributed by atoms with van der Waals surface area (Å²) in [6.45, 7) is 0.751. The van der Waals surface area contributed by atoms with Crippen molar-refractivity contribution in [3.05, 3.63) is 0 Å². The zero-order valence-corrected chi connectivity index (χ0v) is 10.6. The van der Waals surface area contributed by atoms with Gasteiger partial charge in [0.1, 0.15) is 0 Å². The van der Waals surface area contributed by atoms with Crippen LogP contribution in [0, 0.1) is 0 Å². The van der Waals surface area contributed by atoms with E-state index in [1.807, 2.05) is 6.26 Å². The third kappa shape index (κ3) is 3.57. The van der Waals surface area contributed by atoms with Crippen molar-refractivity contribution in [3.63, 3.8) is 0 Å². The molecule has 0 aromatic heterocycles. The minimum atomic E-state index is -1.36. The Balaban J connectivity index is -0.000000480. The molecule has 0 atom stereocenters. The van der Waals surface area contributed by atoms with E-state index in [0.717, 1.165) is 5.75 Å². The SMILES string of the molecule is CSCCC1(C(=O)O)OCCO1.[Ca+2].[H-].[H-]. The Morgan fingerprint density at radius 3 is 2.54 bits per heavy atom. The van der Waals surface area contributed by atoms with E-state index in [1.165, 1.54) is 0 Å². The third-order valence-corrected chi connectivity index (χ3v) is 2.33. The van der Waals surface area contributed by atoms with Crippen LogP contribution in [0.1, 0.15) is 9.27 Å². The summed E-state index contributed by atoms with van der Waals surface area (Å²) in [4.78, 5) is 10.8. The predicted octanol–water partition coefficient (Wildman–Crippen LogP) is 0.411. The zero-order chi connectivity index (χ0) is 9.03. The van der Waals surface area contributed by atoms with Gasteiger partial charge in [-0.3, -0.25) is 0 Å². The largest absolute Gasteiger partial charge is 2.00 e. The molecule has 0 aliphatic carbocycles. The van der Waals surface area contributed by atoms with E-state index in [1.54, 1.807) is 11.8 Å². The number of rotatable bonds is 4. The summed E-state index contributed by atoms with van der Waals surface area (Å²) >= 11 is 1.58. The Kier molecular flexibility index (Phi) is 6.98. The minimum absolute atomic E-state index is 0. The molecule has 1 fully saturated rings. The van der Waals surface area contributed by atoms with Crippen LogP contribution in [0.5, 0.6) is 0 Å². The van der Waals surface area contributed by atoms with Crippen LogP contribution < -0.4 is 0 Å². The summed E-state index contributed by atoms with van der Waals surface area (Å²) in [6, 6.07) is 0. The van der Waals surface area contributed by atoms with Crippen molar-refractivity contribution in [1.82, 2.24) is 0 Å². The summed E-state index contributed by atoms with van der Waals surface area (Å²) in [7, 11) is 0. The van der Waals surface area contributed by atoms with E-state index >= 15 is 0 Å². The smallest absolute Gasteiger partial charge is 1.00 e. The van der Waals surface area contributed by atoms with Crippen molar-refractivity contribution in [3.8, 4) is 0 Å². The first-order chi connectivity index (χ1) is 5.71. The average Bonchev–Trinajstić information content (AvgIpc) is 2.50. The molecule has 0 aromatic rings. The Bertz CT molecular complexity index is 178. The first-order valence-corrected chi connectivity index (χ1v) is 5.11. The summed E-state index contributed by atoms with van der Waals surface area (Å²) in [5, 5.41) is 8.83. The molecule has 0 bridgehead atoms. The fourth-order valence-electron chi connectivity index (χ4n) is 1.07. The molecule has 1 rings (SSSR count). The van der Waals surface area contributed by atoms with Gasteiger partial charge in [0.05, 0.1) is 13.2 Å². The summed E-state index contributed by atoms with van der Waals surface area (Å²) < 4.78 is 10.1. The normalized spacial score (nSPS) is 19.5. The molecule has 0 amide bonds. The topological polar surface area (TPSA) is 55.8 Å². The van der Waals surface area contributed by atoms with Gasteiger partial charge in [-0.25, -0.2) is 4.79 Å². The summed E-state index contributed by atoms with van der Waals surface area (Å²) in [5.74, 6) is -1.65. The second-order valence-corrected chi connectivity index (χ2v) is 3.48. The Morgan fingerprint density at radius 2 is 2.15 bits per heavy atom. The standard InChI is InChI=1S/C7H12O4S.Ca.2H/c1-12-5-2-7(6(8)9)10-3-4-11-7;;;/h2-5H2,1H3,(H,8,9);;;/q;+2;2*-1. The monoisotopic (exact) mass is 234 g/mol. The molecule has 1 aliphatic heterocycles. The second kappa shape index (κ2) is 6.48. The van der Waals surface area contributed by atoms with Gasteiger partial charge in [-0.2, -0.15) is 11.8 Å². The molecular weight excluding hydrogens is 220 g/mol. The molecule has 6 heteroatoms. The molecule has 4 nitrogen and oxygen atoms in total. The van der Waals surface area contributed by atoms with Gasteiger partial charge < -0.3 is 17.4 Å². The fraction of sp³-hybridized carbons (Fsp3) is 0.857. The van der Waals surface area contributed by atoms with Crippen LogP contribution in [0.2, 0.25) is 0 Å². The van der Waals surface area contributed by atoms with E-state index in [2.05, 4.69) is 0 Å². The summed E-state index contributed by atoms with van der Waals surface area (Å²) in [6.07, 6.45) is 2.33. The van der Waals surface area contributed by atoms with Crippen LogP contribution in [0.3, 0.4) is 0 Å². The fourth-order valence-corrected chi connectivity index (χ4v) is 1.54. The Morgan fingerprint density at radius 1 is 1.62 bits per heavy atom. The number of thioether (sulfide) groups is 1. The molecule has 0 saturated carbocycles. The molecule has 1 heterocycles. The maximum Gasteiger partial charge on any atom is 2.00 e. The van der Waals surface area contributed by atoms with Crippen molar-refractivity contribution in [2.24, 2.45) is 0 Å². The number of carboxylic acid groups (broad SMARTS) is 1. The maximum atomic E-state index is 10.8. The molecule has 1 aliphatic rings. The molecule has 0 aromatic carbocycles. The van der Waals surface area contributed by atoms with E-state index in [0.29, 0.717) is 19.6 Å². The molecule has 0 spiro atoms. The molecule has 74 valence electrons. The van der Waals surface area contributed by atoms with Gasteiger partial charge in [0.15, 0.2) is 0 Å². The molecule has 0 radical (unpaired) electrons. The van der Waals surface area contributed by atoms with Crippen LogP contribution in [0.15, 0.2) is 0 Å². The average molecular weight is 234 g/mol. The summed E-state index contributed by atoms with van der Waals surface area (Å²) in [5.41, 5.74) is 0. The first kappa shape index (κ1) is 14.0. The van der Waals surface area contributed by atoms with Crippen LogP contribution in [-0.2, 0) is 14.3 Å². The number of hydrogen-bond donors (Lipinski definition) is 1. The van der Waals surface area contributed by atoms with Gasteiger partial charge in [-0.1, -0.05) is 0 Å². The van der Waals surface area contributed by atoms with Crippen LogP contribution in [-0.4, -0.2) is 79.8 Å². The Labute approximate surface area is 114 Å². The zero-order valence-electron chi connectivity index (χ0n) is 9.62. The number of ether oxygens (including phenoxy) is 2. The van der Waals surface area contributed by atoms with E-state index in [4.69, 9.17) is 14.6 Å². The number of aliphatic carboxylic acids is 1. The van der Waals surface area contributed by atoms with E-state index < -0.39 is 11.8 Å². The van der Waals surface area contributed by atoms with Crippen molar-refractivity contribution in [2.45, 2.75) is 12.2 Å². The van der Waals surface area contributed by atoms with Gasteiger partial charge in [0, 0.05) is 6.42 Å². The second-order valence-electron chi connectivity index (χ2n) is 2.50. The van der Waals surface area contributed by atoms with Crippen molar-refractivity contribution in [2.75, 3.05) is 25.2 Å². The first-order valence-electron chi connectivity index (χ1n) is 3.71. The van der Waals surface area contributed by atoms with Gasteiger partial charge in [0.2, 0.25) is 0 Å². The van der Waals surface area contributed by atoms with Gasteiger partial charge in [-0.05, 0) is 12.0 Å². The van der Waals surface area contributed by atoms with E-state index in [9.17, 15) is 4.79 Å². The van der Waals surface area contributed by atoms with E-state index in [-0.39, 0.29) is 40.6 Å². The van der Waals surface area contributed by atoms with Crippen LogP contribution in [0.4, 0.5) is 0 Å². The maximum absolute atomic E-state index is 10.8. The molecule has 13 heavy (non-hydrogen) atoms. The van der Waals surface area contributed by atoms with Crippen LogP contribution >= 0.6 is 11.8 Å². The quantitative estimate of drug-likeness (QED) is 0.714. The van der Waals surface area contributed by atoms with Crippen LogP contribution in [0.25, 0.3) is 0 Å². The predicted molar refractivity (Wildman–Crippen MR) is 53.2 cm³/mol. The van der Waals surface area contributed by atoms with Gasteiger partial charge in [-0.15, -0.1) is 0 Å². The minimum Gasteiger partial charge on any atom is -1.00 e. The van der Waals surface area contributed by atoms with Crippen molar-refractivity contribution in [1.29, 1.82) is 0 Å². The van der Waals surface area contributed by atoms with Gasteiger partial charge >= 0.3 is 43.7 Å². The number of carbonyl (C=O) groups is 1. The Hall–Kier alpha value is 1.000. The molecular formula is C7H14CaO4S. The number of hydrogen-bond acceptors (Lipinski definition) is 4. The molecule has 1 N–H and O–H groups in total. The molecule has 1 saturated heterocycles. The number of carboxylic acids is 1. The molecule has 0 unspecified atom stereocenters. The third-order valence-electron chi connectivity index (χ3n) is 1.71. The van der Waals surface area contributed by atoms with Gasteiger partial charge in [0.25, 0.3) is 5.79 Å².